The van der Waals surface area contributed by atoms with E-state index in [4.69, 9.17) is 4.74 Å². The molecule has 0 saturated carbocycles. The molecule has 1 N–H and O–H groups in total. The second-order valence-electron chi connectivity index (χ2n) is 7.68. The number of anilines is 1. The van der Waals surface area contributed by atoms with Gasteiger partial charge in [-0.1, -0.05) is 36.4 Å². The van der Waals surface area contributed by atoms with Crippen molar-refractivity contribution in [1.82, 2.24) is 10.5 Å². The number of alkyl halides is 3. The average Bonchev–Trinajstić information content (AvgIpc) is 2.88. The highest BCUT2D eigenvalue weighted by Crippen LogP contribution is 2.39. The second kappa shape index (κ2) is 11.4. The predicted octanol–water partition coefficient (Wildman–Crippen LogP) is 6.15. The molecular weight excluding hydrogens is 507 g/mol. The van der Waals surface area contributed by atoms with Gasteiger partial charge in [-0.3, -0.25) is 13.9 Å². The van der Waals surface area contributed by atoms with Gasteiger partial charge in [0.15, 0.2) is 11.6 Å². The van der Waals surface area contributed by atoms with E-state index in [1.807, 2.05) is 28.6 Å². The lowest BCUT2D eigenvalue weighted by Gasteiger charge is -2.25. The largest absolute Gasteiger partial charge is 0.573 e. The first kappa shape index (κ1) is 26.1. The Morgan fingerprint density at radius 1 is 1.00 bits per heavy atom. The summed E-state index contributed by atoms with van der Waals surface area (Å²) in [6, 6.07) is 20.2. The molecule has 11 heteroatoms. The Labute approximate surface area is 215 Å². The van der Waals surface area contributed by atoms with Gasteiger partial charge in [0.2, 0.25) is 0 Å². The van der Waals surface area contributed by atoms with Crippen molar-refractivity contribution < 1.29 is 32.3 Å². The van der Waals surface area contributed by atoms with Crippen LogP contribution in [0, 0.1) is 0 Å². The highest BCUT2D eigenvalue weighted by Gasteiger charge is 2.31. The Balaban J connectivity index is 1.67. The van der Waals surface area contributed by atoms with Crippen LogP contribution in [0.5, 0.6) is 11.5 Å². The van der Waals surface area contributed by atoms with E-state index in [0.717, 1.165) is 21.2 Å². The minimum atomic E-state index is -4.77. The SMILES string of the molecule is CONC(=O)c1ccc(SN(Cc2ccc(OC(F)(F)F)cc2)c2ncc3ccccc3c2OC)cc1. The van der Waals surface area contributed by atoms with E-state index in [1.165, 1.54) is 31.2 Å². The Bertz CT molecular complexity index is 1370. The first-order chi connectivity index (χ1) is 17.8. The van der Waals surface area contributed by atoms with Crippen LogP contribution in [0.4, 0.5) is 19.0 Å². The third-order valence-corrected chi connectivity index (χ3v) is 6.19. The topological polar surface area (TPSA) is 72.9 Å². The van der Waals surface area contributed by atoms with Crippen molar-refractivity contribution in [2.45, 2.75) is 17.8 Å². The van der Waals surface area contributed by atoms with E-state index in [2.05, 4.69) is 20.0 Å². The van der Waals surface area contributed by atoms with Crippen LogP contribution < -0.4 is 19.3 Å². The first-order valence-corrected chi connectivity index (χ1v) is 11.7. The van der Waals surface area contributed by atoms with E-state index in [9.17, 15) is 18.0 Å². The van der Waals surface area contributed by atoms with Crippen molar-refractivity contribution in [3.05, 3.63) is 90.1 Å². The highest BCUT2D eigenvalue weighted by molar-refractivity contribution is 8.00. The molecule has 1 heterocycles. The summed E-state index contributed by atoms with van der Waals surface area (Å²) in [4.78, 5) is 22.1. The van der Waals surface area contributed by atoms with Crippen LogP contribution in [0.1, 0.15) is 15.9 Å². The van der Waals surface area contributed by atoms with Crippen LogP contribution >= 0.6 is 11.9 Å². The molecule has 4 aromatic rings. The maximum atomic E-state index is 12.6. The summed E-state index contributed by atoms with van der Waals surface area (Å²) >= 11 is 1.34. The number of ether oxygens (including phenoxy) is 2. The van der Waals surface area contributed by atoms with E-state index in [-0.39, 0.29) is 18.2 Å². The molecule has 192 valence electrons. The Morgan fingerprint density at radius 3 is 2.35 bits per heavy atom. The normalized spacial score (nSPS) is 11.3. The lowest BCUT2D eigenvalue weighted by Crippen LogP contribution is -2.21. The van der Waals surface area contributed by atoms with Gasteiger partial charge in [0, 0.05) is 27.4 Å². The molecule has 1 amide bonds. The molecule has 0 spiro atoms. The lowest BCUT2D eigenvalue weighted by molar-refractivity contribution is -0.274. The van der Waals surface area contributed by atoms with E-state index in [1.54, 1.807) is 49.7 Å². The molecule has 37 heavy (non-hydrogen) atoms. The van der Waals surface area contributed by atoms with E-state index in [0.29, 0.717) is 17.1 Å². The number of hydroxylamine groups is 1. The van der Waals surface area contributed by atoms with Gasteiger partial charge in [-0.2, -0.15) is 0 Å². The number of amides is 1. The number of benzene rings is 3. The minimum absolute atomic E-state index is 0.282. The quantitative estimate of drug-likeness (QED) is 0.206. The molecule has 0 aliphatic carbocycles. The molecule has 0 fully saturated rings. The van der Waals surface area contributed by atoms with Crippen molar-refractivity contribution in [3.8, 4) is 11.5 Å². The number of nitrogens with one attached hydrogen (secondary N) is 1. The number of carbonyl (C=O) groups excluding carboxylic acids is 1. The fourth-order valence-electron chi connectivity index (χ4n) is 3.56. The monoisotopic (exact) mass is 529 g/mol. The summed E-state index contributed by atoms with van der Waals surface area (Å²) in [5.41, 5.74) is 3.40. The maximum absolute atomic E-state index is 12.6. The Kier molecular flexibility index (Phi) is 8.04. The van der Waals surface area contributed by atoms with Crippen LogP contribution in [0.2, 0.25) is 0 Å². The number of carbonyl (C=O) groups is 1. The van der Waals surface area contributed by atoms with Crippen molar-refractivity contribution in [2.75, 3.05) is 18.5 Å². The molecular formula is C26H22F3N3O4S. The first-order valence-electron chi connectivity index (χ1n) is 10.9. The van der Waals surface area contributed by atoms with Gasteiger partial charge in [-0.15, -0.1) is 13.2 Å². The molecule has 3 aromatic carbocycles. The van der Waals surface area contributed by atoms with Crippen LogP contribution in [0.15, 0.2) is 83.9 Å². The maximum Gasteiger partial charge on any atom is 0.573 e. The van der Waals surface area contributed by atoms with Gasteiger partial charge in [-0.25, -0.2) is 10.5 Å². The molecule has 1 aromatic heterocycles. The summed E-state index contributed by atoms with van der Waals surface area (Å²) < 4.78 is 49.3. The number of hydrogen-bond donors (Lipinski definition) is 1. The summed E-state index contributed by atoms with van der Waals surface area (Å²) in [6.07, 6.45) is -3.03. The number of fused-ring (bicyclic) bond motifs is 1. The molecule has 0 aliphatic rings. The lowest BCUT2D eigenvalue weighted by atomic mass is 10.1. The van der Waals surface area contributed by atoms with E-state index < -0.39 is 6.36 Å². The van der Waals surface area contributed by atoms with Crippen molar-refractivity contribution in [2.24, 2.45) is 0 Å². The standard InChI is InChI=1S/C26H22F3N3O4S/c1-34-23-22-6-4-3-5-19(22)15-30-24(23)32(16-17-7-11-20(12-8-17)36-26(27,28)29)37-21-13-9-18(10-14-21)25(33)31-35-2/h3-15H,16H2,1-2H3,(H,31,33). The van der Waals surface area contributed by atoms with Crippen LogP contribution in [-0.2, 0) is 11.4 Å². The minimum Gasteiger partial charge on any atom is -0.492 e. The van der Waals surface area contributed by atoms with Gasteiger partial charge >= 0.3 is 6.36 Å². The highest BCUT2D eigenvalue weighted by atomic mass is 32.2. The summed E-state index contributed by atoms with van der Waals surface area (Å²) in [6.45, 7) is 0.282. The Hall–Kier alpha value is -3.96. The van der Waals surface area contributed by atoms with Crippen LogP contribution in [-0.4, -0.2) is 31.5 Å². The van der Waals surface area contributed by atoms with Gasteiger partial charge in [0.05, 0.1) is 20.8 Å². The number of methoxy groups -OCH3 is 1. The Morgan fingerprint density at radius 2 is 1.70 bits per heavy atom. The predicted molar refractivity (Wildman–Crippen MR) is 134 cm³/mol. The number of aromatic nitrogens is 1. The second-order valence-corrected chi connectivity index (χ2v) is 8.78. The van der Waals surface area contributed by atoms with Crippen molar-refractivity contribution in [3.63, 3.8) is 0 Å². The number of rotatable bonds is 9. The number of nitrogens with zero attached hydrogens (tertiary/aromatic N) is 2. The van der Waals surface area contributed by atoms with Gasteiger partial charge in [-0.05, 0) is 53.9 Å². The van der Waals surface area contributed by atoms with Crippen molar-refractivity contribution in [1.29, 1.82) is 0 Å². The third kappa shape index (κ3) is 6.63. The summed E-state index contributed by atoms with van der Waals surface area (Å²) in [7, 11) is 2.91. The fraction of sp³-hybridized carbons (Fsp3) is 0.154. The average molecular weight is 530 g/mol. The van der Waals surface area contributed by atoms with Gasteiger partial charge in [0.1, 0.15) is 5.75 Å². The molecule has 7 nitrogen and oxygen atoms in total. The molecule has 0 atom stereocenters. The molecule has 0 unspecified atom stereocenters. The van der Waals surface area contributed by atoms with E-state index >= 15 is 0 Å². The third-order valence-electron chi connectivity index (χ3n) is 5.18. The van der Waals surface area contributed by atoms with Gasteiger partial charge in [0.25, 0.3) is 5.91 Å². The zero-order valence-corrected chi connectivity index (χ0v) is 20.6. The van der Waals surface area contributed by atoms with Crippen LogP contribution in [0.3, 0.4) is 0 Å². The molecule has 0 radical (unpaired) electrons. The number of pyridine rings is 1. The summed E-state index contributed by atoms with van der Waals surface area (Å²) in [5.74, 6) is 0.401. The fourth-order valence-corrected chi connectivity index (χ4v) is 4.51. The van der Waals surface area contributed by atoms with Gasteiger partial charge < -0.3 is 9.47 Å². The summed E-state index contributed by atoms with van der Waals surface area (Å²) in [5, 5.41) is 1.76. The molecule has 0 aliphatic heterocycles. The zero-order valence-electron chi connectivity index (χ0n) is 19.8. The molecule has 0 saturated heterocycles. The zero-order chi connectivity index (χ0) is 26.4. The number of hydrogen-bond acceptors (Lipinski definition) is 7. The van der Waals surface area contributed by atoms with Crippen molar-refractivity contribution >= 4 is 34.4 Å². The smallest absolute Gasteiger partial charge is 0.492 e. The molecule has 4 rings (SSSR count). The molecule has 0 bridgehead atoms. The van der Waals surface area contributed by atoms with Crippen LogP contribution in [0.25, 0.3) is 10.8 Å². The number of halogens is 3.